The van der Waals surface area contributed by atoms with Crippen LogP contribution < -0.4 is 11.1 Å². The molecule has 1 amide bonds. The summed E-state index contributed by atoms with van der Waals surface area (Å²) in [5, 5.41) is 2.92. The van der Waals surface area contributed by atoms with Crippen molar-refractivity contribution in [2.45, 2.75) is 33.1 Å². The zero-order valence-corrected chi connectivity index (χ0v) is 10.3. The SMILES string of the molecule is CC1CCC(CNC(=O)C(C)C(N)=S)C1. The molecule has 0 aromatic rings. The van der Waals surface area contributed by atoms with Crippen molar-refractivity contribution >= 4 is 23.1 Å². The largest absolute Gasteiger partial charge is 0.393 e. The fourth-order valence-electron chi connectivity index (χ4n) is 2.04. The molecule has 0 saturated heterocycles. The Labute approximate surface area is 96.8 Å². The zero-order valence-electron chi connectivity index (χ0n) is 9.45. The normalized spacial score (nSPS) is 27.3. The van der Waals surface area contributed by atoms with Crippen molar-refractivity contribution < 1.29 is 4.79 Å². The Morgan fingerprint density at radius 3 is 2.73 bits per heavy atom. The molecule has 0 heterocycles. The summed E-state index contributed by atoms with van der Waals surface area (Å²) in [5.41, 5.74) is 5.41. The molecular weight excluding hydrogens is 208 g/mol. The summed E-state index contributed by atoms with van der Waals surface area (Å²) in [7, 11) is 0. The Hall–Kier alpha value is -0.640. The Kier molecular flexibility index (Phi) is 4.51. The van der Waals surface area contributed by atoms with Crippen LogP contribution in [-0.2, 0) is 4.79 Å². The molecule has 86 valence electrons. The van der Waals surface area contributed by atoms with Crippen molar-refractivity contribution in [3.05, 3.63) is 0 Å². The monoisotopic (exact) mass is 228 g/mol. The average molecular weight is 228 g/mol. The van der Waals surface area contributed by atoms with Crippen molar-refractivity contribution in [3.63, 3.8) is 0 Å². The summed E-state index contributed by atoms with van der Waals surface area (Å²) in [5.74, 6) is 1.06. The van der Waals surface area contributed by atoms with E-state index in [2.05, 4.69) is 12.2 Å². The number of rotatable bonds is 4. The number of carbonyl (C=O) groups is 1. The zero-order chi connectivity index (χ0) is 11.4. The highest BCUT2D eigenvalue weighted by molar-refractivity contribution is 7.80. The number of hydrogen-bond acceptors (Lipinski definition) is 2. The van der Waals surface area contributed by atoms with Gasteiger partial charge in [0.1, 0.15) is 0 Å². The van der Waals surface area contributed by atoms with E-state index >= 15 is 0 Å². The second-order valence-electron chi connectivity index (χ2n) is 4.65. The van der Waals surface area contributed by atoms with Gasteiger partial charge in [0, 0.05) is 6.54 Å². The van der Waals surface area contributed by atoms with E-state index < -0.39 is 0 Å². The highest BCUT2D eigenvalue weighted by atomic mass is 32.1. The fourth-order valence-corrected chi connectivity index (χ4v) is 2.14. The lowest BCUT2D eigenvalue weighted by Crippen LogP contribution is -2.38. The lowest BCUT2D eigenvalue weighted by molar-refractivity contribution is -0.122. The van der Waals surface area contributed by atoms with Gasteiger partial charge in [0.25, 0.3) is 0 Å². The molecule has 1 fully saturated rings. The van der Waals surface area contributed by atoms with Gasteiger partial charge in [-0.05, 0) is 31.6 Å². The molecule has 0 radical (unpaired) electrons. The quantitative estimate of drug-likeness (QED) is 0.716. The molecule has 1 aliphatic carbocycles. The number of thiocarbonyl (C=S) groups is 1. The van der Waals surface area contributed by atoms with Crippen LogP contribution in [0.5, 0.6) is 0 Å². The van der Waals surface area contributed by atoms with Crippen LogP contribution in [0.15, 0.2) is 0 Å². The van der Waals surface area contributed by atoms with Crippen LogP contribution in [0.4, 0.5) is 0 Å². The molecule has 3 unspecified atom stereocenters. The highest BCUT2D eigenvalue weighted by Crippen LogP contribution is 2.29. The molecule has 0 bridgehead atoms. The molecule has 4 heteroatoms. The number of nitrogens with one attached hydrogen (secondary N) is 1. The van der Waals surface area contributed by atoms with Gasteiger partial charge in [0.15, 0.2) is 0 Å². The van der Waals surface area contributed by atoms with E-state index in [1.165, 1.54) is 19.3 Å². The summed E-state index contributed by atoms with van der Waals surface area (Å²) in [6.07, 6.45) is 3.73. The standard InChI is InChI=1S/C11H20N2OS/c1-7-3-4-9(5-7)6-13-11(14)8(2)10(12)15/h7-9H,3-6H2,1-2H3,(H2,12,15)(H,13,14). The van der Waals surface area contributed by atoms with Crippen molar-refractivity contribution in [1.29, 1.82) is 0 Å². The van der Waals surface area contributed by atoms with Crippen LogP contribution >= 0.6 is 12.2 Å². The highest BCUT2D eigenvalue weighted by Gasteiger charge is 2.23. The summed E-state index contributed by atoms with van der Waals surface area (Å²) in [6.45, 7) is 4.78. The van der Waals surface area contributed by atoms with E-state index in [4.69, 9.17) is 18.0 Å². The summed E-state index contributed by atoms with van der Waals surface area (Å²) in [6, 6.07) is 0. The molecule has 3 nitrogen and oxygen atoms in total. The Bertz CT molecular complexity index is 255. The van der Waals surface area contributed by atoms with Crippen LogP contribution in [0.25, 0.3) is 0 Å². The molecular formula is C11H20N2OS. The average Bonchev–Trinajstić information content (AvgIpc) is 2.59. The predicted octanol–water partition coefficient (Wildman–Crippen LogP) is 1.46. The van der Waals surface area contributed by atoms with E-state index in [1.807, 2.05) is 0 Å². The van der Waals surface area contributed by atoms with Gasteiger partial charge in [-0.1, -0.05) is 25.6 Å². The van der Waals surface area contributed by atoms with Gasteiger partial charge in [-0.2, -0.15) is 0 Å². The topological polar surface area (TPSA) is 55.1 Å². The maximum absolute atomic E-state index is 11.5. The van der Waals surface area contributed by atoms with Crippen molar-refractivity contribution in [2.24, 2.45) is 23.5 Å². The third-order valence-corrected chi connectivity index (χ3v) is 3.54. The number of carbonyl (C=O) groups excluding carboxylic acids is 1. The van der Waals surface area contributed by atoms with Gasteiger partial charge in [0.2, 0.25) is 5.91 Å². The predicted molar refractivity (Wildman–Crippen MR) is 65.5 cm³/mol. The van der Waals surface area contributed by atoms with Gasteiger partial charge in [0.05, 0.1) is 10.9 Å². The van der Waals surface area contributed by atoms with Crippen LogP contribution in [0.1, 0.15) is 33.1 Å². The fraction of sp³-hybridized carbons (Fsp3) is 0.818. The molecule has 0 spiro atoms. The van der Waals surface area contributed by atoms with Gasteiger partial charge < -0.3 is 11.1 Å². The van der Waals surface area contributed by atoms with Crippen molar-refractivity contribution in [3.8, 4) is 0 Å². The number of amides is 1. The third-order valence-electron chi connectivity index (χ3n) is 3.19. The van der Waals surface area contributed by atoms with Crippen LogP contribution in [0, 0.1) is 17.8 Å². The molecule has 1 rings (SSSR count). The maximum Gasteiger partial charge on any atom is 0.229 e. The Balaban J connectivity index is 2.25. The summed E-state index contributed by atoms with van der Waals surface area (Å²) >= 11 is 4.78. The maximum atomic E-state index is 11.5. The van der Waals surface area contributed by atoms with Crippen LogP contribution in [-0.4, -0.2) is 17.4 Å². The first-order valence-electron chi connectivity index (χ1n) is 5.57. The van der Waals surface area contributed by atoms with Crippen LogP contribution in [0.2, 0.25) is 0 Å². The van der Waals surface area contributed by atoms with E-state index in [0.29, 0.717) is 5.92 Å². The molecule has 3 N–H and O–H groups in total. The Morgan fingerprint density at radius 2 is 2.27 bits per heavy atom. The molecule has 0 aromatic heterocycles. The molecule has 1 saturated carbocycles. The van der Waals surface area contributed by atoms with E-state index in [0.717, 1.165) is 12.5 Å². The van der Waals surface area contributed by atoms with Crippen molar-refractivity contribution in [2.75, 3.05) is 6.54 Å². The lowest BCUT2D eigenvalue weighted by atomic mass is 10.1. The molecule has 15 heavy (non-hydrogen) atoms. The molecule has 0 aromatic carbocycles. The van der Waals surface area contributed by atoms with Crippen LogP contribution in [0.3, 0.4) is 0 Å². The van der Waals surface area contributed by atoms with E-state index in [9.17, 15) is 4.79 Å². The minimum atomic E-state index is -0.348. The van der Waals surface area contributed by atoms with E-state index in [-0.39, 0.29) is 16.8 Å². The Morgan fingerprint density at radius 1 is 1.60 bits per heavy atom. The summed E-state index contributed by atoms with van der Waals surface area (Å²) < 4.78 is 0. The van der Waals surface area contributed by atoms with Crippen molar-refractivity contribution in [1.82, 2.24) is 5.32 Å². The lowest BCUT2D eigenvalue weighted by Gasteiger charge is -2.14. The third kappa shape index (κ3) is 3.78. The van der Waals surface area contributed by atoms with Gasteiger partial charge in [-0.25, -0.2) is 0 Å². The second kappa shape index (κ2) is 5.45. The minimum absolute atomic E-state index is 0.0398. The van der Waals surface area contributed by atoms with Gasteiger partial charge in [-0.3, -0.25) is 4.79 Å². The molecule has 3 atom stereocenters. The molecule has 1 aliphatic rings. The second-order valence-corrected chi connectivity index (χ2v) is 5.12. The molecule has 0 aliphatic heterocycles. The summed E-state index contributed by atoms with van der Waals surface area (Å²) in [4.78, 5) is 11.8. The van der Waals surface area contributed by atoms with Gasteiger partial charge in [-0.15, -0.1) is 0 Å². The first kappa shape index (κ1) is 12.4. The van der Waals surface area contributed by atoms with E-state index in [1.54, 1.807) is 6.92 Å². The van der Waals surface area contributed by atoms with Gasteiger partial charge >= 0.3 is 0 Å². The number of hydrogen-bond donors (Lipinski definition) is 2. The first-order valence-corrected chi connectivity index (χ1v) is 5.98. The number of nitrogens with two attached hydrogens (primary N) is 1. The smallest absolute Gasteiger partial charge is 0.229 e. The minimum Gasteiger partial charge on any atom is -0.393 e. The first-order chi connectivity index (χ1) is 7.00.